The van der Waals surface area contributed by atoms with Crippen molar-refractivity contribution in [1.29, 1.82) is 0 Å². The van der Waals surface area contributed by atoms with E-state index in [9.17, 15) is 4.79 Å². The number of aryl methyl sites for hydroxylation is 1. The molecular weight excluding hydrogens is 156 g/mol. The van der Waals surface area contributed by atoms with E-state index in [4.69, 9.17) is 0 Å². The van der Waals surface area contributed by atoms with Crippen LogP contribution in [-0.2, 0) is 17.8 Å². The van der Waals surface area contributed by atoms with Gasteiger partial charge in [0.25, 0.3) is 0 Å². The summed E-state index contributed by atoms with van der Waals surface area (Å²) in [6.07, 6.45) is 1.57. The quantitative estimate of drug-likeness (QED) is 0.581. The summed E-state index contributed by atoms with van der Waals surface area (Å²) in [5.41, 5.74) is 0. The molecule has 1 aliphatic heterocycles. The van der Waals surface area contributed by atoms with Gasteiger partial charge in [0.05, 0.1) is 0 Å². The van der Waals surface area contributed by atoms with Gasteiger partial charge in [-0.15, -0.1) is 5.10 Å². The second-order valence-electron chi connectivity index (χ2n) is 3.12. The van der Waals surface area contributed by atoms with E-state index in [-0.39, 0.29) is 11.7 Å². The molecule has 0 saturated heterocycles. The van der Waals surface area contributed by atoms with Gasteiger partial charge in [-0.1, -0.05) is 0 Å². The van der Waals surface area contributed by atoms with Crippen molar-refractivity contribution in [2.45, 2.75) is 26.3 Å². The van der Waals surface area contributed by atoms with Crippen molar-refractivity contribution in [3.8, 4) is 0 Å². The first kappa shape index (κ1) is 7.39. The summed E-state index contributed by atoms with van der Waals surface area (Å²) in [6.45, 7) is 2.40. The molecule has 12 heavy (non-hydrogen) atoms. The highest BCUT2D eigenvalue weighted by molar-refractivity contribution is 5.78. The van der Waals surface area contributed by atoms with E-state index in [1.165, 1.54) is 0 Å². The minimum Gasteiger partial charge on any atom is -0.300 e. The van der Waals surface area contributed by atoms with Gasteiger partial charge >= 0.3 is 0 Å². The molecule has 0 N–H and O–H groups in total. The van der Waals surface area contributed by atoms with E-state index in [2.05, 4.69) is 15.5 Å². The van der Waals surface area contributed by atoms with Gasteiger partial charge in [0.15, 0.2) is 5.82 Å². The van der Waals surface area contributed by atoms with Crippen LogP contribution < -0.4 is 0 Å². The Morgan fingerprint density at radius 2 is 2.50 bits per heavy atom. The third kappa shape index (κ3) is 1.11. The zero-order valence-corrected chi connectivity index (χ0v) is 6.90. The molecular formula is C7H10N4O. The fraction of sp³-hybridized carbons (Fsp3) is 0.714. The van der Waals surface area contributed by atoms with Crippen LogP contribution in [0.25, 0.3) is 0 Å². The van der Waals surface area contributed by atoms with Crippen molar-refractivity contribution in [2.75, 3.05) is 0 Å². The lowest BCUT2D eigenvalue weighted by Gasteiger charge is -2.18. The predicted molar refractivity (Wildman–Crippen MR) is 40.3 cm³/mol. The number of tetrazole rings is 1. The lowest BCUT2D eigenvalue weighted by atomic mass is 9.94. The number of carbonyl (C=O) groups excluding carboxylic acids is 1. The standard InChI is InChI=1S/C7H10N4O/c1-5(12)6-2-3-11-7(4-6)8-9-10-11/h6H,2-4H2,1H3. The van der Waals surface area contributed by atoms with E-state index < -0.39 is 0 Å². The molecule has 0 radical (unpaired) electrons. The van der Waals surface area contributed by atoms with Crippen molar-refractivity contribution in [3.05, 3.63) is 5.82 Å². The van der Waals surface area contributed by atoms with Crippen LogP contribution in [-0.4, -0.2) is 26.0 Å². The van der Waals surface area contributed by atoms with Gasteiger partial charge in [0.2, 0.25) is 0 Å². The summed E-state index contributed by atoms with van der Waals surface area (Å²) in [6, 6.07) is 0. The molecule has 2 rings (SSSR count). The Morgan fingerprint density at radius 1 is 1.67 bits per heavy atom. The zero-order chi connectivity index (χ0) is 8.55. The number of nitrogens with zero attached hydrogens (tertiary/aromatic N) is 4. The van der Waals surface area contributed by atoms with Gasteiger partial charge < -0.3 is 0 Å². The number of hydrogen-bond acceptors (Lipinski definition) is 4. The number of hydrogen-bond donors (Lipinski definition) is 0. The van der Waals surface area contributed by atoms with Crippen LogP contribution in [0.5, 0.6) is 0 Å². The first-order valence-corrected chi connectivity index (χ1v) is 4.03. The highest BCUT2D eigenvalue weighted by atomic mass is 16.1. The SMILES string of the molecule is CC(=O)C1CCn2nnnc2C1. The molecule has 0 spiro atoms. The second-order valence-corrected chi connectivity index (χ2v) is 3.12. The molecule has 0 aliphatic carbocycles. The van der Waals surface area contributed by atoms with E-state index >= 15 is 0 Å². The number of ketones is 1. The third-order valence-electron chi connectivity index (χ3n) is 2.30. The maximum absolute atomic E-state index is 11.1. The normalized spacial score (nSPS) is 21.9. The Balaban J connectivity index is 2.20. The number of aromatic nitrogens is 4. The van der Waals surface area contributed by atoms with Crippen molar-refractivity contribution >= 4 is 5.78 Å². The molecule has 5 heteroatoms. The van der Waals surface area contributed by atoms with Crippen LogP contribution in [0.4, 0.5) is 0 Å². The average Bonchev–Trinajstić information content (AvgIpc) is 2.49. The maximum atomic E-state index is 11.1. The molecule has 1 unspecified atom stereocenters. The lowest BCUT2D eigenvalue weighted by Crippen LogP contribution is -2.24. The molecule has 5 nitrogen and oxygen atoms in total. The molecule has 1 aromatic heterocycles. The first-order valence-electron chi connectivity index (χ1n) is 4.03. The van der Waals surface area contributed by atoms with Gasteiger partial charge in [0.1, 0.15) is 5.78 Å². The lowest BCUT2D eigenvalue weighted by molar-refractivity contribution is -0.121. The summed E-state index contributed by atoms with van der Waals surface area (Å²) < 4.78 is 1.76. The Hall–Kier alpha value is -1.26. The molecule has 1 aliphatic rings. The van der Waals surface area contributed by atoms with Crippen LogP contribution in [0.2, 0.25) is 0 Å². The number of rotatable bonds is 1. The Morgan fingerprint density at radius 3 is 3.25 bits per heavy atom. The van der Waals surface area contributed by atoms with Gasteiger partial charge in [-0.25, -0.2) is 4.68 Å². The minimum absolute atomic E-state index is 0.128. The van der Waals surface area contributed by atoms with Crippen molar-refractivity contribution < 1.29 is 4.79 Å². The summed E-state index contributed by atoms with van der Waals surface area (Å²) in [5.74, 6) is 1.20. The molecule has 0 aromatic carbocycles. The molecule has 64 valence electrons. The summed E-state index contributed by atoms with van der Waals surface area (Å²) in [7, 11) is 0. The first-order chi connectivity index (χ1) is 5.77. The summed E-state index contributed by atoms with van der Waals surface area (Å²) in [5, 5.41) is 11.2. The number of Topliss-reactive ketones (excluding diaryl/α,β-unsaturated/α-hetero) is 1. The van der Waals surface area contributed by atoms with Gasteiger partial charge in [-0.3, -0.25) is 4.79 Å². The number of carbonyl (C=O) groups is 1. The number of fused-ring (bicyclic) bond motifs is 1. The monoisotopic (exact) mass is 166 g/mol. The Bertz CT molecular complexity index is 306. The second kappa shape index (κ2) is 2.66. The minimum atomic E-state index is 0.128. The fourth-order valence-corrected chi connectivity index (χ4v) is 1.49. The van der Waals surface area contributed by atoms with Crippen LogP contribution in [0, 0.1) is 5.92 Å². The molecule has 2 heterocycles. The molecule has 1 atom stereocenters. The van der Waals surface area contributed by atoms with E-state index in [1.807, 2.05) is 0 Å². The molecule has 0 fully saturated rings. The smallest absolute Gasteiger partial charge is 0.151 e. The fourth-order valence-electron chi connectivity index (χ4n) is 1.49. The van der Waals surface area contributed by atoms with Gasteiger partial charge in [-0.05, 0) is 23.8 Å². The molecule has 0 saturated carbocycles. The molecule has 0 amide bonds. The van der Waals surface area contributed by atoms with E-state index in [1.54, 1.807) is 11.6 Å². The summed E-state index contributed by atoms with van der Waals surface area (Å²) >= 11 is 0. The maximum Gasteiger partial charge on any atom is 0.151 e. The zero-order valence-electron chi connectivity index (χ0n) is 6.90. The topological polar surface area (TPSA) is 60.7 Å². The average molecular weight is 166 g/mol. The van der Waals surface area contributed by atoms with Crippen LogP contribution in [0.15, 0.2) is 0 Å². The van der Waals surface area contributed by atoms with Gasteiger partial charge in [-0.2, -0.15) is 0 Å². The van der Waals surface area contributed by atoms with Crippen molar-refractivity contribution in [2.24, 2.45) is 5.92 Å². The van der Waals surface area contributed by atoms with E-state index in [0.717, 1.165) is 18.8 Å². The third-order valence-corrected chi connectivity index (χ3v) is 2.30. The van der Waals surface area contributed by atoms with Crippen LogP contribution in [0.1, 0.15) is 19.2 Å². The van der Waals surface area contributed by atoms with Crippen LogP contribution >= 0.6 is 0 Å². The summed E-state index contributed by atoms with van der Waals surface area (Å²) in [4.78, 5) is 11.1. The van der Waals surface area contributed by atoms with Crippen molar-refractivity contribution in [1.82, 2.24) is 20.2 Å². The van der Waals surface area contributed by atoms with Gasteiger partial charge in [0, 0.05) is 18.9 Å². The Kier molecular flexibility index (Phi) is 1.64. The predicted octanol–water partition coefficient (Wildman–Crippen LogP) is -0.176. The van der Waals surface area contributed by atoms with Crippen LogP contribution in [0.3, 0.4) is 0 Å². The molecule has 1 aromatic rings. The van der Waals surface area contributed by atoms with Crippen molar-refractivity contribution in [3.63, 3.8) is 0 Å². The highest BCUT2D eigenvalue weighted by Crippen LogP contribution is 2.17. The largest absolute Gasteiger partial charge is 0.300 e. The van der Waals surface area contributed by atoms with E-state index in [0.29, 0.717) is 6.42 Å². The Labute approximate surface area is 69.8 Å². The highest BCUT2D eigenvalue weighted by Gasteiger charge is 2.23. The molecule has 0 bridgehead atoms.